The van der Waals surface area contributed by atoms with Gasteiger partial charge in [-0.1, -0.05) is 0 Å². The standard InChI is InChI=1S/C8H15NO3/c1-11-8(10)4-7(9)6-2-3-12-5-6/h6-7H,2-5,9H2,1H3. The number of rotatable bonds is 3. The minimum atomic E-state index is -0.241. The van der Waals surface area contributed by atoms with Crippen LogP contribution in [0.4, 0.5) is 0 Å². The number of methoxy groups -OCH3 is 1. The Labute approximate surface area is 72.0 Å². The van der Waals surface area contributed by atoms with Crippen LogP contribution in [-0.4, -0.2) is 32.3 Å². The molecule has 0 bridgehead atoms. The van der Waals surface area contributed by atoms with E-state index in [1.807, 2.05) is 0 Å². The lowest BCUT2D eigenvalue weighted by Gasteiger charge is -2.15. The molecule has 4 heteroatoms. The molecule has 1 aliphatic heterocycles. The van der Waals surface area contributed by atoms with Gasteiger partial charge in [-0.25, -0.2) is 0 Å². The lowest BCUT2D eigenvalue weighted by atomic mass is 9.97. The third-order valence-electron chi connectivity index (χ3n) is 2.20. The first-order chi connectivity index (χ1) is 5.74. The Morgan fingerprint density at radius 1 is 1.83 bits per heavy atom. The van der Waals surface area contributed by atoms with Crippen molar-refractivity contribution in [2.75, 3.05) is 20.3 Å². The summed E-state index contributed by atoms with van der Waals surface area (Å²) in [5.41, 5.74) is 5.77. The highest BCUT2D eigenvalue weighted by molar-refractivity contribution is 5.69. The Balaban J connectivity index is 2.26. The van der Waals surface area contributed by atoms with E-state index >= 15 is 0 Å². The van der Waals surface area contributed by atoms with Crippen LogP contribution in [0.2, 0.25) is 0 Å². The van der Waals surface area contributed by atoms with Gasteiger partial charge in [-0.05, 0) is 6.42 Å². The van der Waals surface area contributed by atoms with Gasteiger partial charge in [0.15, 0.2) is 0 Å². The van der Waals surface area contributed by atoms with Crippen LogP contribution in [0.15, 0.2) is 0 Å². The first-order valence-corrected chi connectivity index (χ1v) is 4.14. The molecule has 1 aliphatic rings. The van der Waals surface area contributed by atoms with Gasteiger partial charge in [-0.2, -0.15) is 0 Å². The number of carbonyl (C=O) groups excluding carboxylic acids is 1. The van der Waals surface area contributed by atoms with Crippen molar-refractivity contribution in [1.82, 2.24) is 0 Å². The molecule has 0 amide bonds. The lowest BCUT2D eigenvalue weighted by molar-refractivity contribution is -0.141. The summed E-state index contributed by atoms with van der Waals surface area (Å²) in [7, 11) is 1.38. The summed E-state index contributed by atoms with van der Waals surface area (Å²) in [4.78, 5) is 10.8. The molecule has 2 unspecified atom stereocenters. The fourth-order valence-corrected chi connectivity index (χ4v) is 1.33. The fourth-order valence-electron chi connectivity index (χ4n) is 1.33. The third kappa shape index (κ3) is 2.46. The van der Waals surface area contributed by atoms with Crippen molar-refractivity contribution in [1.29, 1.82) is 0 Å². The second-order valence-corrected chi connectivity index (χ2v) is 3.07. The number of nitrogens with two attached hydrogens (primary N) is 1. The Kier molecular flexibility index (Phi) is 3.49. The molecule has 0 spiro atoms. The van der Waals surface area contributed by atoms with Crippen molar-refractivity contribution in [3.63, 3.8) is 0 Å². The zero-order valence-corrected chi connectivity index (χ0v) is 7.29. The molecule has 2 atom stereocenters. The molecule has 0 aromatic carbocycles. The van der Waals surface area contributed by atoms with Crippen LogP contribution < -0.4 is 5.73 Å². The molecule has 70 valence electrons. The zero-order valence-electron chi connectivity index (χ0n) is 7.29. The molecule has 1 saturated heterocycles. The third-order valence-corrected chi connectivity index (χ3v) is 2.20. The predicted octanol–water partition coefficient (Wildman–Crippen LogP) is -0.0867. The van der Waals surface area contributed by atoms with Gasteiger partial charge in [0.25, 0.3) is 0 Å². The van der Waals surface area contributed by atoms with Crippen molar-refractivity contribution in [3.05, 3.63) is 0 Å². The molecule has 0 aromatic rings. The van der Waals surface area contributed by atoms with Crippen LogP contribution in [0.3, 0.4) is 0 Å². The van der Waals surface area contributed by atoms with Gasteiger partial charge in [0.1, 0.15) is 0 Å². The molecule has 12 heavy (non-hydrogen) atoms. The Bertz CT molecular complexity index is 154. The molecule has 1 rings (SSSR count). The minimum absolute atomic E-state index is 0.111. The summed E-state index contributed by atoms with van der Waals surface area (Å²) in [6, 6.07) is -0.111. The molecule has 0 aliphatic carbocycles. The second kappa shape index (κ2) is 4.42. The largest absolute Gasteiger partial charge is 0.469 e. The average molecular weight is 173 g/mol. The van der Waals surface area contributed by atoms with Crippen LogP contribution in [0.5, 0.6) is 0 Å². The predicted molar refractivity (Wildman–Crippen MR) is 43.5 cm³/mol. The second-order valence-electron chi connectivity index (χ2n) is 3.07. The van der Waals surface area contributed by atoms with E-state index in [-0.39, 0.29) is 12.0 Å². The van der Waals surface area contributed by atoms with Crippen LogP contribution in [-0.2, 0) is 14.3 Å². The van der Waals surface area contributed by atoms with Gasteiger partial charge in [0.05, 0.1) is 20.1 Å². The molecular weight excluding hydrogens is 158 g/mol. The maximum absolute atomic E-state index is 10.8. The molecule has 0 radical (unpaired) electrons. The summed E-state index contributed by atoms with van der Waals surface area (Å²) < 4.78 is 9.68. The minimum Gasteiger partial charge on any atom is -0.469 e. The molecule has 4 nitrogen and oxygen atoms in total. The van der Waals surface area contributed by atoms with E-state index in [1.165, 1.54) is 7.11 Å². The Hall–Kier alpha value is -0.610. The maximum Gasteiger partial charge on any atom is 0.307 e. The number of ether oxygens (including phenoxy) is 2. The lowest BCUT2D eigenvalue weighted by Crippen LogP contribution is -2.33. The summed E-state index contributed by atoms with van der Waals surface area (Å²) in [6.07, 6.45) is 1.25. The van der Waals surface area contributed by atoms with Gasteiger partial charge >= 0.3 is 5.97 Å². The molecule has 0 saturated carbocycles. The van der Waals surface area contributed by atoms with E-state index in [9.17, 15) is 4.79 Å². The molecule has 2 N–H and O–H groups in total. The molecular formula is C8H15NO3. The average Bonchev–Trinajstić information content (AvgIpc) is 2.56. The number of hydrogen-bond donors (Lipinski definition) is 1. The first kappa shape index (κ1) is 9.48. The van der Waals surface area contributed by atoms with Crippen molar-refractivity contribution in [2.45, 2.75) is 18.9 Å². The number of esters is 1. The smallest absolute Gasteiger partial charge is 0.307 e. The fraction of sp³-hybridized carbons (Fsp3) is 0.875. The molecule has 0 aromatic heterocycles. The van der Waals surface area contributed by atoms with E-state index in [0.29, 0.717) is 18.9 Å². The topological polar surface area (TPSA) is 61.5 Å². The van der Waals surface area contributed by atoms with Crippen LogP contribution in [0.25, 0.3) is 0 Å². The first-order valence-electron chi connectivity index (χ1n) is 4.14. The Morgan fingerprint density at radius 3 is 3.08 bits per heavy atom. The van der Waals surface area contributed by atoms with Crippen LogP contribution in [0.1, 0.15) is 12.8 Å². The molecule has 1 heterocycles. The van der Waals surface area contributed by atoms with Gasteiger partial charge in [-0.15, -0.1) is 0 Å². The quantitative estimate of drug-likeness (QED) is 0.606. The summed E-state index contributed by atoms with van der Waals surface area (Å²) >= 11 is 0. The summed E-state index contributed by atoms with van der Waals surface area (Å²) in [5, 5.41) is 0. The van der Waals surface area contributed by atoms with Crippen molar-refractivity contribution in [2.24, 2.45) is 11.7 Å². The number of hydrogen-bond acceptors (Lipinski definition) is 4. The normalized spacial score (nSPS) is 25.3. The van der Waals surface area contributed by atoms with E-state index in [0.717, 1.165) is 13.0 Å². The van der Waals surface area contributed by atoms with Crippen LogP contribution >= 0.6 is 0 Å². The van der Waals surface area contributed by atoms with Gasteiger partial charge < -0.3 is 15.2 Å². The van der Waals surface area contributed by atoms with Crippen molar-refractivity contribution in [3.8, 4) is 0 Å². The highest BCUT2D eigenvalue weighted by Gasteiger charge is 2.24. The summed E-state index contributed by atoms with van der Waals surface area (Å²) in [5.74, 6) is 0.0819. The monoisotopic (exact) mass is 173 g/mol. The van der Waals surface area contributed by atoms with Crippen molar-refractivity contribution >= 4 is 5.97 Å². The molecule has 1 fully saturated rings. The van der Waals surface area contributed by atoms with Crippen LogP contribution in [0, 0.1) is 5.92 Å². The van der Waals surface area contributed by atoms with E-state index in [2.05, 4.69) is 4.74 Å². The number of carbonyl (C=O) groups is 1. The SMILES string of the molecule is COC(=O)CC(N)C1CCOC1. The highest BCUT2D eigenvalue weighted by Crippen LogP contribution is 2.17. The highest BCUT2D eigenvalue weighted by atomic mass is 16.5. The van der Waals surface area contributed by atoms with Crippen molar-refractivity contribution < 1.29 is 14.3 Å². The zero-order chi connectivity index (χ0) is 8.97. The van der Waals surface area contributed by atoms with E-state index in [1.54, 1.807) is 0 Å². The van der Waals surface area contributed by atoms with Gasteiger partial charge in [-0.3, -0.25) is 4.79 Å². The Morgan fingerprint density at radius 2 is 2.58 bits per heavy atom. The van der Waals surface area contributed by atoms with E-state index in [4.69, 9.17) is 10.5 Å². The maximum atomic E-state index is 10.8. The summed E-state index contributed by atoms with van der Waals surface area (Å²) in [6.45, 7) is 1.44. The van der Waals surface area contributed by atoms with E-state index < -0.39 is 0 Å². The van der Waals surface area contributed by atoms with Gasteiger partial charge in [0, 0.05) is 18.6 Å². The van der Waals surface area contributed by atoms with Gasteiger partial charge in [0.2, 0.25) is 0 Å².